The summed E-state index contributed by atoms with van der Waals surface area (Å²) in [5, 5.41) is 0. The molecule has 1 heterocycles. The molecular weight excluding hydrogens is 309 g/mol. The first kappa shape index (κ1) is 17.9. The molecular formula is C19H22FNO3. The topological polar surface area (TPSA) is 48.4 Å². The third-order valence-electron chi connectivity index (χ3n) is 3.96. The van der Waals surface area contributed by atoms with Gasteiger partial charge in [0.05, 0.1) is 7.11 Å². The van der Waals surface area contributed by atoms with Crippen LogP contribution < -0.4 is 4.74 Å². The Balaban J connectivity index is 0.000000471. The van der Waals surface area contributed by atoms with Crippen molar-refractivity contribution in [3.63, 3.8) is 0 Å². The predicted molar refractivity (Wildman–Crippen MR) is 89.7 cm³/mol. The molecule has 1 saturated carbocycles. The van der Waals surface area contributed by atoms with Gasteiger partial charge in [-0.2, -0.15) is 0 Å². The molecule has 1 aliphatic carbocycles. The molecule has 0 radical (unpaired) electrons. The normalized spacial score (nSPS) is 13.8. The van der Waals surface area contributed by atoms with Gasteiger partial charge in [-0.25, -0.2) is 9.37 Å². The zero-order valence-corrected chi connectivity index (χ0v) is 14.0. The van der Waals surface area contributed by atoms with Gasteiger partial charge in [0.15, 0.2) is 5.82 Å². The Labute approximate surface area is 141 Å². The molecule has 3 rings (SSSR count). The Bertz CT molecular complexity index is 652. The molecule has 0 atom stereocenters. The Morgan fingerprint density at radius 3 is 2.38 bits per heavy atom. The Kier molecular flexibility index (Phi) is 6.73. The maximum absolute atomic E-state index is 13.7. The van der Waals surface area contributed by atoms with Gasteiger partial charge >= 0.3 is 0 Å². The fourth-order valence-corrected chi connectivity index (χ4v) is 2.77. The molecule has 5 heteroatoms. The minimum atomic E-state index is -0.426. The molecule has 0 spiro atoms. The Morgan fingerprint density at radius 1 is 1.21 bits per heavy atom. The van der Waals surface area contributed by atoms with Gasteiger partial charge in [0, 0.05) is 6.20 Å². The average molecular weight is 331 g/mol. The third kappa shape index (κ3) is 5.05. The van der Waals surface area contributed by atoms with E-state index in [1.165, 1.54) is 44.4 Å². The van der Waals surface area contributed by atoms with Crippen LogP contribution in [0.5, 0.6) is 11.6 Å². The second-order valence-electron chi connectivity index (χ2n) is 5.78. The average Bonchev–Trinajstić information content (AvgIpc) is 3.13. The van der Waals surface area contributed by atoms with E-state index in [2.05, 4.69) is 21.9 Å². The molecule has 0 bridgehead atoms. The summed E-state index contributed by atoms with van der Waals surface area (Å²) in [4.78, 5) is 12.9. The summed E-state index contributed by atoms with van der Waals surface area (Å²) in [6.45, 7) is 2.18. The van der Waals surface area contributed by atoms with Crippen molar-refractivity contribution in [2.75, 3.05) is 7.11 Å². The number of nitrogens with zero attached hydrogens (tertiary/aromatic N) is 1. The van der Waals surface area contributed by atoms with Crippen LogP contribution in [-0.2, 0) is 9.53 Å². The summed E-state index contributed by atoms with van der Waals surface area (Å²) in [7, 11) is 1.31. The molecule has 1 aromatic heterocycles. The third-order valence-corrected chi connectivity index (χ3v) is 3.96. The van der Waals surface area contributed by atoms with E-state index in [0.717, 1.165) is 5.56 Å². The Hall–Kier alpha value is -2.43. The van der Waals surface area contributed by atoms with Gasteiger partial charge in [-0.1, -0.05) is 25.0 Å². The molecule has 1 aromatic carbocycles. The predicted octanol–water partition coefficient (Wildman–Crippen LogP) is 4.77. The number of hydrogen-bond donors (Lipinski definition) is 0. The van der Waals surface area contributed by atoms with Gasteiger partial charge in [0.2, 0.25) is 0 Å². The molecule has 128 valence electrons. The van der Waals surface area contributed by atoms with Crippen LogP contribution in [-0.4, -0.2) is 18.6 Å². The minimum absolute atomic E-state index is 0.0317. The SMILES string of the molecule is COC=O.Cc1cnc(Oc2ccc(C3CCCC3)cc2)c(F)c1. The number of methoxy groups -OCH3 is 1. The van der Waals surface area contributed by atoms with Crippen LogP contribution in [0.1, 0.15) is 42.7 Å². The van der Waals surface area contributed by atoms with Crippen molar-refractivity contribution in [3.05, 3.63) is 53.5 Å². The standard InChI is InChI=1S/C17H18FNO.C2H4O2/c1-12-10-16(18)17(19-11-12)20-15-8-6-14(7-9-15)13-4-2-3-5-13;1-4-2-3/h6-11,13H,2-5H2,1H3;2H,1H3. The molecule has 0 aliphatic heterocycles. The lowest BCUT2D eigenvalue weighted by atomic mass is 9.98. The second-order valence-corrected chi connectivity index (χ2v) is 5.78. The Morgan fingerprint density at radius 2 is 1.83 bits per heavy atom. The van der Waals surface area contributed by atoms with Crippen molar-refractivity contribution < 1.29 is 18.7 Å². The van der Waals surface area contributed by atoms with Gasteiger partial charge in [0.1, 0.15) is 5.75 Å². The van der Waals surface area contributed by atoms with E-state index in [1.54, 1.807) is 13.1 Å². The highest BCUT2D eigenvalue weighted by Gasteiger charge is 2.17. The quantitative estimate of drug-likeness (QED) is 0.757. The van der Waals surface area contributed by atoms with E-state index in [0.29, 0.717) is 18.1 Å². The van der Waals surface area contributed by atoms with Gasteiger partial charge in [-0.15, -0.1) is 0 Å². The van der Waals surface area contributed by atoms with Gasteiger partial charge in [-0.05, 0) is 55.0 Å². The largest absolute Gasteiger partial charge is 0.471 e. The number of benzene rings is 1. The van der Waals surface area contributed by atoms with Gasteiger partial charge in [0.25, 0.3) is 12.4 Å². The number of ether oxygens (including phenoxy) is 2. The number of aromatic nitrogens is 1. The van der Waals surface area contributed by atoms with Crippen LogP contribution in [0.15, 0.2) is 36.5 Å². The molecule has 0 saturated heterocycles. The fraction of sp³-hybridized carbons (Fsp3) is 0.368. The number of hydrogen-bond acceptors (Lipinski definition) is 4. The maximum atomic E-state index is 13.7. The smallest absolute Gasteiger partial charge is 0.292 e. The van der Waals surface area contributed by atoms with Crippen LogP contribution >= 0.6 is 0 Å². The van der Waals surface area contributed by atoms with E-state index in [-0.39, 0.29) is 5.88 Å². The summed E-state index contributed by atoms with van der Waals surface area (Å²) in [5.74, 6) is 0.911. The monoisotopic (exact) mass is 331 g/mol. The summed E-state index contributed by atoms with van der Waals surface area (Å²) in [5.41, 5.74) is 2.14. The van der Waals surface area contributed by atoms with Crippen molar-refractivity contribution in [1.82, 2.24) is 4.98 Å². The van der Waals surface area contributed by atoms with E-state index >= 15 is 0 Å². The van der Waals surface area contributed by atoms with Crippen LogP contribution in [0, 0.1) is 12.7 Å². The highest BCUT2D eigenvalue weighted by Crippen LogP contribution is 2.35. The van der Waals surface area contributed by atoms with E-state index < -0.39 is 5.82 Å². The van der Waals surface area contributed by atoms with Crippen molar-refractivity contribution in [2.45, 2.75) is 38.5 Å². The van der Waals surface area contributed by atoms with Crippen molar-refractivity contribution in [3.8, 4) is 11.6 Å². The summed E-state index contributed by atoms with van der Waals surface area (Å²) in [6.07, 6.45) is 6.79. The molecule has 0 unspecified atom stereocenters. The first-order valence-electron chi connectivity index (χ1n) is 8.00. The molecule has 1 fully saturated rings. The van der Waals surface area contributed by atoms with E-state index in [4.69, 9.17) is 9.53 Å². The van der Waals surface area contributed by atoms with Crippen LogP contribution in [0.4, 0.5) is 4.39 Å². The lowest BCUT2D eigenvalue weighted by molar-refractivity contribution is -0.126. The van der Waals surface area contributed by atoms with Crippen molar-refractivity contribution >= 4 is 6.47 Å². The van der Waals surface area contributed by atoms with E-state index in [1.807, 2.05) is 12.1 Å². The number of rotatable bonds is 4. The maximum Gasteiger partial charge on any atom is 0.292 e. The first-order chi connectivity index (χ1) is 11.6. The molecule has 0 N–H and O–H groups in total. The summed E-state index contributed by atoms with van der Waals surface area (Å²) >= 11 is 0. The highest BCUT2D eigenvalue weighted by atomic mass is 19.1. The molecule has 2 aromatic rings. The second kappa shape index (κ2) is 9.01. The van der Waals surface area contributed by atoms with Crippen molar-refractivity contribution in [1.29, 1.82) is 0 Å². The van der Waals surface area contributed by atoms with Crippen molar-refractivity contribution in [2.24, 2.45) is 0 Å². The van der Waals surface area contributed by atoms with Gasteiger partial charge in [-0.3, -0.25) is 4.79 Å². The number of halogens is 1. The number of carbonyl (C=O) groups excluding carboxylic acids is 1. The zero-order valence-electron chi connectivity index (χ0n) is 14.0. The number of pyridine rings is 1. The zero-order chi connectivity index (χ0) is 17.4. The first-order valence-corrected chi connectivity index (χ1v) is 8.00. The lowest BCUT2D eigenvalue weighted by Gasteiger charge is -2.11. The summed E-state index contributed by atoms with van der Waals surface area (Å²) in [6, 6.07) is 9.38. The highest BCUT2D eigenvalue weighted by molar-refractivity contribution is 5.36. The van der Waals surface area contributed by atoms with Gasteiger partial charge < -0.3 is 9.47 Å². The summed E-state index contributed by atoms with van der Waals surface area (Å²) < 4.78 is 23.0. The molecule has 1 aliphatic rings. The van der Waals surface area contributed by atoms with Crippen LogP contribution in [0.3, 0.4) is 0 Å². The fourth-order valence-electron chi connectivity index (χ4n) is 2.77. The molecule has 0 amide bonds. The lowest BCUT2D eigenvalue weighted by Crippen LogP contribution is -1.94. The van der Waals surface area contributed by atoms with Crippen LogP contribution in [0.2, 0.25) is 0 Å². The van der Waals surface area contributed by atoms with Crippen LogP contribution in [0.25, 0.3) is 0 Å². The number of carbonyl (C=O) groups is 1. The number of aryl methyl sites for hydroxylation is 1. The minimum Gasteiger partial charge on any atom is -0.471 e. The molecule has 24 heavy (non-hydrogen) atoms. The molecule has 4 nitrogen and oxygen atoms in total. The van der Waals surface area contributed by atoms with E-state index in [9.17, 15) is 4.39 Å².